The second kappa shape index (κ2) is 7.12. The molecule has 1 aliphatic rings. The van der Waals surface area contributed by atoms with Gasteiger partial charge < -0.3 is 20.6 Å². The van der Waals surface area contributed by atoms with Crippen LogP contribution in [0.2, 0.25) is 0 Å². The van der Waals surface area contributed by atoms with Crippen molar-refractivity contribution in [2.75, 3.05) is 20.6 Å². The van der Waals surface area contributed by atoms with Crippen LogP contribution in [0.4, 0.5) is 4.79 Å². The molecule has 1 aliphatic carbocycles. The van der Waals surface area contributed by atoms with Crippen LogP contribution >= 0.6 is 0 Å². The SMILES string of the molecule is CNC(=O)C(C)CN(C)C(=O)NC(CC(=O)O)C1CC1. The molecular weight excluding hydrogens is 262 g/mol. The molecule has 0 aromatic rings. The van der Waals surface area contributed by atoms with E-state index in [4.69, 9.17) is 5.11 Å². The molecule has 3 N–H and O–H groups in total. The predicted octanol–water partition coefficient (Wildman–Crippen LogP) is 0.263. The van der Waals surface area contributed by atoms with E-state index in [2.05, 4.69) is 10.6 Å². The maximum atomic E-state index is 12.0. The number of carboxylic acid groups (broad SMARTS) is 1. The van der Waals surface area contributed by atoms with Gasteiger partial charge in [-0.3, -0.25) is 9.59 Å². The van der Waals surface area contributed by atoms with Crippen LogP contribution in [0.15, 0.2) is 0 Å². The molecule has 0 aromatic heterocycles. The van der Waals surface area contributed by atoms with Gasteiger partial charge in [-0.2, -0.15) is 0 Å². The van der Waals surface area contributed by atoms with E-state index >= 15 is 0 Å². The van der Waals surface area contributed by atoms with Crippen molar-refractivity contribution in [1.29, 1.82) is 0 Å². The Hall–Kier alpha value is -1.79. The number of urea groups is 1. The second-order valence-corrected chi connectivity index (χ2v) is 5.39. The monoisotopic (exact) mass is 285 g/mol. The highest BCUT2D eigenvalue weighted by molar-refractivity contribution is 5.80. The van der Waals surface area contributed by atoms with Crippen molar-refractivity contribution >= 4 is 17.9 Å². The lowest BCUT2D eigenvalue weighted by Crippen LogP contribution is -2.47. The van der Waals surface area contributed by atoms with Crippen molar-refractivity contribution in [2.24, 2.45) is 11.8 Å². The molecule has 0 heterocycles. The highest BCUT2D eigenvalue weighted by Gasteiger charge is 2.34. The van der Waals surface area contributed by atoms with E-state index in [9.17, 15) is 14.4 Å². The first-order chi connectivity index (χ1) is 9.35. The van der Waals surface area contributed by atoms with Gasteiger partial charge in [-0.15, -0.1) is 0 Å². The summed E-state index contributed by atoms with van der Waals surface area (Å²) in [6.45, 7) is 2.02. The van der Waals surface area contributed by atoms with E-state index in [1.54, 1.807) is 21.0 Å². The number of carbonyl (C=O) groups excluding carboxylic acids is 2. The molecule has 7 heteroatoms. The van der Waals surface area contributed by atoms with Crippen LogP contribution < -0.4 is 10.6 Å². The van der Waals surface area contributed by atoms with Crippen LogP contribution in [0.25, 0.3) is 0 Å². The minimum absolute atomic E-state index is 0.0603. The van der Waals surface area contributed by atoms with Gasteiger partial charge in [0, 0.05) is 26.7 Å². The zero-order chi connectivity index (χ0) is 15.3. The Kier molecular flexibility index (Phi) is 5.79. The maximum absolute atomic E-state index is 12.0. The summed E-state index contributed by atoms with van der Waals surface area (Å²) in [6.07, 6.45) is 1.85. The van der Waals surface area contributed by atoms with Gasteiger partial charge >= 0.3 is 12.0 Å². The molecule has 20 heavy (non-hydrogen) atoms. The number of hydrogen-bond acceptors (Lipinski definition) is 3. The van der Waals surface area contributed by atoms with Gasteiger partial charge in [-0.05, 0) is 18.8 Å². The van der Waals surface area contributed by atoms with Crippen LogP contribution in [-0.2, 0) is 9.59 Å². The highest BCUT2D eigenvalue weighted by atomic mass is 16.4. The first-order valence-electron chi connectivity index (χ1n) is 6.80. The molecule has 0 aliphatic heterocycles. The molecule has 0 saturated heterocycles. The lowest BCUT2D eigenvalue weighted by Gasteiger charge is -2.24. The van der Waals surface area contributed by atoms with E-state index in [1.807, 2.05) is 0 Å². The Labute approximate surface area is 118 Å². The minimum atomic E-state index is -0.913. The van der Waals surface area contributed by atoms with Crippen molar-refractivity contribution < 1.29 is 19.5 Å². The maximum Gasteiger partial charge on any atom is 0.317 e. The Morgan fingerprint density at radius 3 is 2.40 bits per heavy atom. The molecule has 0 bridgehead atoms. The van der Waals surface area contributed by atoms with Gasteiger partial charge in [-0.25, -0.2) is 4.79 Å². The van der Waals surface area contributed by atoms with Crippen LogP contribution in [0.3, 0.4) is 0 Å². The van der Waals surface area contributed by atoms with Crippen molar-refractivity contribution in [2.45, 2.75) is 32.2 Å². The summed E-state index contributed by atoms with van der Waals surface area (Å²) in [7, 11) is 3.15. The average Bonchev–Trinajstić information content (AvgIpc) is 3.20. The lowest BCUT2D eigenvalue weighted by molar-refractivity contribution is -0.137. The molecule has 1 rings (SSSR count). The molecule has 2 atom stereocenters. The number of hydrogen-bond donors (Lipinski definition) is 3. The molecule has 1 saturated carbocycles. The van der Waals surface area contributed by atoms with Crippen molar-refractivity contribution in [3.8, 4) is 0 Å². The number of aliphatic carboxylic acids is 1. The van der Waals surface area contributed by atoms with Crippen LogP contribution in [0.1, 0.15) is 26.2 Å². The zero-order valence-electron chi connectivity index (χ0n) is 12.2. The molecule has 0 radical (unpaired) electrons. The van der Waals surface area contributed by atoms with Crippen molar-refractivity contribution in [3.05, 3.63) is 0 Å². The largest absolute Gasteiger partial charge is 0.481 e. The molecule has 7 nitrogen and oxygen atoms in total. The summed E-state index contributed by atoms with van der Waals surface area (Å²) < 4.78 is 0. The highest BCUT2D eigenvalue weighted by Crippen LogP contribution is 2.34. The lowest BCUT2D eigenvalue weighted by atomic mass is 10.1. The van der Waals surface area contributed by atoms with Crippen LogP contribution in [0.5, 0.6) is 0 Å². The third kappa shape index (κ3) is 5.07. The number of carbonyl (C=O) groups is 3. The fourth-order valence-electron chi connectivity index (χ4n) is 2.11. The van der Waals surface area contributed by atoms with Crippen LogP contribution in [-0.4, -0.2) is 54.6 Å². The van der Waals surface area contributed by atoms with E-state index in [0.29, 0.717) is 0 Å². The van der Waals surface area contributed by atoms with E-state index in [0.717, 1.165) is 12.8 Å². The van der Waals surface area contributed by atoms with Gasteiger partial charge in [0.2, 0.25) is 5.91 Å². The Balaban J connectivity index is 2.46. The molecule has 0 spiro atoms. The first-order valence-corrected chi connectivity index (χ1v) is 6.80. The number of nitrogens with zero attached hydrogens (tertiary/aromatic N) is 1. The van der Waals surface area contributed by atoms with Crippen LogP contribution in [0, 0.1) is 11.8 Å². The summed E-state index contributed by atoms with van der Waals surface area (Å²) >= 11 is 0. The standard InChI is InChI=1S/C13H23N3O4/c1-8(12(19)14-2)7-16(3)13(20)15-10(6-11(17)18)9-4-5-9/h8-10H,4-7H2,1-3H3,(H,14,19)(H,15,20)(H,17,18). The van der Waals surface area contributed by atoms with Gasteiger partial charge in [0.15, 0.2) is 0 Å². The first kappa shape index (κ1) is 16.3. The molecule has 2 unspecified atom stereocenters. The predicted molar refractivity (Wildman–Crippen MR) is 73.2 cm³/mol. The summed E-state index contributed by atoms with van der Waals surface area (Å²) in [5.74, 6) is -1.09. The third-order valence-corrected chi connectivity index (χ3v) is 3.48. The van der Waals surface area contributed by atoms with E-state index < -0.39 is 5.97 Å². The fraction of sp³-hybridized carbons (Fsp3) is 0.769. The Morgan fingerprint density at radius 2 is 1.95 bits per heavy atom. The minimum Gasteiger partial charge on any atom is -0.481 e. The number of carboxylic acids is 1. The van der Waals surface area contributed by atoms with Crippen molar-refractivity contribution in [3.63, 3.8) is 0 Å². The summed E-state index contributed by atoms with van der Waals surface area (Å²) in [5.41, 5.74) is 0. The molecular formula is C13H23N3O4. The van der Waals surface area contributed by atoms with E-state index in [1.165, 1.54) is 4.90 Å². The summed E-state index contributed by atoms with van der Waals surface area (Å²) in [4.78, 5) is 35.6. The number of rotatable bonds is 7. The van der Waals surface area contributed by atoms with Gasteiger partial charge in [0.1, 0.15) is 0 Å². The van der Waals surface area contributed by atoms with Gasteiger partial charge in [0.05, 0.1) is 12.3 Å². The van der Waals surface area contributed by atoms with Crippen molar-refractivity contribution in [1.82, 2.24) is 15.5 Å². The summed E-state index contributed by atoms with van der Waals surface area (Å²) in [6, 6.07) is -0.656. The number of nitrogens with one attached hydrogen (secondary N) is 2. The topological polar surface area (TPSA) is 98.7 Å². The second-order valence-electron chi connectivity index (χ2n) is 5.39. The Morgan fingerprint density at radius 1 is 1.35 bits per heavy atom. The zero-order valence-corrected chi connectivity index (χ0v) is 12.2. The molecule has 1 fully saturated rings. The molecule has 114 valence electrons. The Bertz CT molecular complexity index is 382. The molecule has 0 aromatic carbocycles. The fourth-order valence-corrected chi connectivity index (χ4v) is 2.11. The van der Waals surface area contributed by atoms with Gasteiger partial charge in [-0.1, -0.05) is 6.92 Å². The third-order valence-electron chi connectivity index (χ3n) is 3.48. The quantitative estimate of drug-likeness (QED) is 0.625. The number of amides is 3. The van der Waals surface area contributed by atoms with Gasteiger partial charge in [0.25, 0.3) is 0 Å². The summed E-state index contributed by atoms with van der Waals surface area (Å²) in [5, 5.41) is 14.1. The average molecular weight is 285 g/mol. The molecule has 3 amide bonds. The smallest absolute Gasteiger partial charge is 0.317 e. The van der Waals surface area contributed by atoms with E-state index in [-0.39, 0.29) is 42.8 Å². The normalized spacial score (nSPS) is 16.9.